The van der Waals surface area contributed by atoms with Crippen LogP contribution in [-0.2, 0) is 0 Å². The van der Waals surface area contributed by atoms with Crippen molar-refractivity contribution < 1.29 is 0 Å². The van der Waals surface area contributed by atoms with Gasteiger partial charge in [-0.1, -0.05) is 29.5 Å². The molecule has 1 aromatic carbocycles. The SMILES string of the molecule is Cc1cccc(Sc2nc[nH]c(=O)c2Br)c1. The molecule has 5 heteroatoms. The summed E-state index contributed by atoms with van der Waals surface area (Å²) in [6, 6.07) is 8.07. The maximum atomic E-state index is 11.3. The summed E-state index contributed by atoms with van der Waals surface area (Å²) in [4.78, 5) is 19.0. The third-order valence-electron chi connectivity index (χ3n) is 1.97. The zero-order chi connectivity index (χ0) is 11.5. The Kier molecular flexibility index (Phi) is 3.46. The second-order valence-corrected chi connectivity index (χ2v) is 5.12. The van der Waals surface area contributed by atoms with Gasteiger partial charge in [0, 0.05) is 4.90 Å². The van der Waals surface area contributed by atoms with E-state index in [-0.39, 0.29) is 5.56 Å². The lowest BCUT2D eigenvalue weighted by Gasteiger charge is -2.02. The third kappa shape index (κ3) is 2.54. The number of H-pyrrole nitrogens is 1. The van der Waals surface area contributed by atoms with E-state index in [1.807, 2.05) is 25.1 Å². The molecule has 2 rings (SSSR count). The molecule has 2 aromatic rings. The van der Waals surface area contributed by atoms with Gasteiger partial charge in [-0.05, 0) is 35.0 Å². The van der Waals surface area contributed by atoms with Gasteiger partial charge >= 0.3 is 0 Å². The van der Waals surface area contributed by atoms with E-state index in [1.165, 1.54) is 23.7 Å². The minimum Gasteiger partial charge on any atom is -0.312 e. The van der Waals surface area contributed by atoms with Crippen LogP contribution in [0.25, 0.3) is 0 Å². The first-order chi connectivity index (χ1) is 7.66. The van der Waals surface area contributed by atoms with E-state index in [0.29, 0.717) is 9.50 Å². The van der Waals surface area contributed by atoms with Crippen LogP contribution in [0.15, 0.2) is 49.8 Å². The molecule has 0 spiro atoms. The molecule has 0 saturated carbocycles. The van der Waals surface area contributed by atoms with Crippen LogP contribution in [0.4, 0.5) is 0 Å². The number of nitrogens with zero attached hydrogens (tertiary/aromatic N) is 1. The molecule has 3 nitrogen and oxygen atoms in total. The smallest absolute Gasteiger partial charge is 0.266 e. The Hall–Kier alpha value is -1.07. The highest BCUT2D eigenvalue weighted by atomic mass is 79.9. The van der Waals surface area contributed by atoms with Crippen LogP contribution < -0.4 is 5.56 Å². The van der Waals surface area contributed by atoms with Crippen LogP contribution in [0.3, 0.4) is 0 Å². The average Bonchev–Trinajstić information content (AvgIpc) is 2.25. The first-order valence-corrected chi connectivity index (χ1v) is 6.25. The average molecular weight is 297 g/mol. The standard InChI is InChI=1S/C11H9BrN2OS/c1-7-3-2-4-8(5-7)16-11-9(12)10(15)13-6-14-11/h2-6H,1H3,(H,13,14,15). The van der Waals surface area contributed by atoms with Gasteiger partial charge in [-0.2, -0.15) is 0 Å². The minimum atomic E-state index is -0.162. The van der Waals surface area contributed by atoms with Crippen molar-refractivity contribution in [1.29, 1.82) is 0 Å². The van der Waals surface area contributed by atoms with Crippen molar-refractivity contribution in [3.05, 3.63) is 51.0 Å². The fourth-order valence-electron chi connectivity index (χ4n) is 1.23. The molecule has 0 saturated heterocycles. The minimum absolute atomic E-state index is 0.162. The van der Waals surface area contributed by atoms with Gasteiger partial charge < -0.3 is 4.98 Å². The zero-order valence-corrected chi connectivity index (χ0v) is 10.9. The predicted molar refractivity (Wildman–Crippen MR) is 67.9 cm³/mol. The quantitative estimate of drug-likeness (QED) is 0.867. The summed E-state index contributed by atoms with van der Waals surface area (Å²) in [5.74, 6) is 0. The van der Waals surface area contributed by atoms with Crippen molar-refractivity contribution in [2.45, 2.75) is 16.8 Å². The number of benzene rings is 1. The van der Waals surface area contributed by atoms with Crippen LogP contribution in [0, 0.1) is 6.92 Å². The topological polar surface area (TPSA) is 45.8 Å². The largest absolute Gasteiger partial charge is 0.312 e. The first kappa shape index (κ1) is 11.4. The molecule has 82 valence electrons. The number of hydrogen-bond acceptors (Lipinski definition) is 3. The van der Waals surface area contributed by atoms with Gasteiger partial charge in [0.05, 0.1) is 6.33 Å². The number of aromatic nitrogens is 2. The summed E-state index contributed by atoms with van der Waals surface area (Å²) in [7, 11) is 0. The monoisotopic (exact) mass is 296 g/mol. The molecule has 0 bridgehead atoms. The Morgan fingerprint density at radius 3 is 3.00 bits per heavy atom. The van der Waals surface area contributed by atoms with E-state index in [2.05, 4.69) is 32.0 Å². The highest BCUT2D eigenvalue weighted by Gasteiger charge is 2.06. The van der Waals surface area contributed by atoms with Gasteiger partial charge in [-0.25, -0.2) is 4.98 Å². The highest BCUT2D eigenvalue weighted by molar-refractivity contribution is 9.10. The van der Waals surface area contributed by atoms with E-state index in [9.17, 15) is 4.79 Å². The first-order valence-electron chi connectivity index (χ1n) is 4.64. The second kappa shape index (κ2) is 4.84. The summed E-state index contributed by atoms with van der Waals surface area (Å²) >= 11 is 4.69. The van der Waals surface area contributed by atoms with E-state index < -0.39 is 0 Å². The van der Waals surface area contributed by atoms with Crippen LogP contribution in [0.5, 0.6) is 0 Å². The molecule has 1 aromatic heterocycles. The Morgan fingerprint density at radius 2 is 2.25 bits per heavy atom. The van der Waals surface area contributed by atoms with E-state index in [4.69, 9.17) is 0 Å². The Morgan fingerprint density at radius 1 is 1.44 bits per heavy atom. The van der Waals surface area contributed by atoms with Gasteiger partial charge in [-0.3, -0.25) is 4.79 Å². The van der Waals surface area contributed by atoms with Gasteiger partial charge in [0.25, 0.3) is 5.56 Å². The zero-order valence-electron chi connectivity index (χ0n) is 8.53. The maximum Gasteiger partial charge on any atom is 0.266 e. The molecule has 0 aliphatic carbocycles. The van der Waals surface area contributed by atoms with Crippen molar-refractivity contribution in [3.63, 3.8) is 0 Å². The number of nitrogens with one attached hydrogen (secondary N) is 1. The summed E-state index contributed by atoms with van der Waals surface area (Å²) in [5.41, 5.74) is 1.02. The molecule has 1 heterocycles. The fourth-order valence-corrected chi connectivity index (χ4v) is 2.59. The van der Waals surface area contributed by atoms with Gasteiger partial charge in [-0.15, -0.1) is 0 Å². The number of aryl methyl sites for hydroxylation is 1. The summed E-state index contributed by atoms with van der Waals surface area (Å²) < 4.78 is 0.474. The number of rotatable bonds is 2. The number of hydrogen-bond donors (Lipinski definition) is 1. The molecule has 0 radical (unpaired) electrons. The molecular formula is C11H9BrN2OS. The van der Waals surface area contributed by atoms with Crippen molar-refractivity contribution >= 4 is 27.7 Å². The fraction of sp³-hybridized carbons (Fsp3) is 0.0909. The Labute approximate surface area is 105 Å². The molecular weight excluding hydrogens is 288 g/mol. The van der Waals surface area contributed by atoms with Crippen molar-refractivity contribution in [2.24, 2.45) is 0 Å². The maximum absolute atomic E-state index is 11.3. The number of halogens is 1. The molecule has 0 aliphatic rings. The van der Waals surface area contributed by atoms with Crippen LogP contribution >= 0.6 is 27.7 Å². The molecule has 0 fully saturated rings. The van der Waals surface area contributed by atoms with Crippen LogP contribution in [0.2, 0.25) is 0 Å². The Bertz CT molecular complexity index is 568. The third-order valence-corrected chi connectivity index (χ3v) is 3.96. The van der Waals surface area contributed by atoms with Gasteiger partial charge in [0.15, 0.2) is 0 Å². The lowest BCUT2D eigenvalue weighted by molar-refractivity contribution is 0.990. The van der Waals surface area contributed by atoms with Gasteiger partial charge in [0.1, 0.15) is 9.50 Å². The predicted octanol–water partition coefficient (Wildman–Crippen LogP) is 2.99. The number of aromatic amines is 1. The van der Waals surface area contributed by atoms with E-state index in [0.717, 1.165) is 4.90 Å². The molecule has 1 N–H and O–H groups in total. The highest BCUT2D eigenvalue weighted by Crippen LogP contribution is 2.29. The molecule has 0 atom stereocenters. The molecule has 0 amide bonds. The van der Waals surface area contributed by atoms with E-state index in [1.54, 1.807) is 0 Å². The lowest BCUT2D eigenvalue weighted by atomic mass is 10.2. The summed E-state index contributed by atoms with van der Waals surface area (Å²) in [6.07, 6.45) is 1.41. The van der Waals surface area contributed by atoms with Crippen molar-refractivity contribution in [2.75, 3.05) is 0 Å². The summed E-state index contributed by atoms with van der Waals surface area (Å²) in [6.45, 7) is 2.03. The Balaban J connectivity index is 2.34. The van der Waals surface area contributed by atoms with Crippen LogP contribution in [-0.4, -0.2) is 9.97 Å². The normalized spacial score (nSPS) is 10.4. The van der Waals surface area contributed by atoms with Crippen LogP contribution in [0.1, 0.15) is 5.56 Å². The second-order valence-electron chi connectivity index (χ2n) is 3.27. The lowest BCUT2D eigenvalue weighted by Crippen LogP contribution is -2.07. The van der Waals surface area contributed by atoms with E-state index >= 15 is 0 Å². The van der Waals surface area contributed by atoms with Gasteiger partial charge in [0.2, 0.25) is 0 Å². The molecule has 0 unspecified atom stereocenters. The summed E-state index contributed by atoms with van der Waals surface area (Å²) in [5, 5.41) is 0.675. The molecule has 0 aliphatic heterocycles. The van der Waals surface area contributed by atoms with Crippen molar-refractivity contribution in [3.8, 4) is 0 Å². The van der Waals surface area contributed by atoms with Crippen molar-refractivity contribution in [1.82, 2.24) is 9.97 Å². The molecule has 16 heavy (non-hydrogen) atoms.